The lowest BCUT2D eigenvalue weighted by Gasteiger charge is -2.23. The van der Waals surface area contributed by atoms with Gasteiger partial charge in [0.05, 0.1) is 25.1 Å². The zero-order valence-electron chi connectivity index (χ0n) is 17.5. The van der Waals surface area contributed by atoms with Crippen molar-refractivity contribution in [1.29, 1.82) is 0 Å². The van der Waals surface area contributed by atoms with Crippen LogP contribution in [0.4, 0.5) is 5.69 Å². The summed E-state index contributed by atoms with van der Waals surface area (Å²) in [5, 5.41) is 2.95. The molecule has 1 unspecified atom stereocenters. The van der Waals surface area contributed by atoms with E-state index in [2.05, 4.69) is 5.32 Å². The Morgan fingerprint density at radius 1 is 1.14 bits per heavy atom. The van der Waals surface area contributed by atoms with E-state index in [1.807, 2.05) is 62.4 Å². The highest BCUT2D eigenvalue weighted by Crippen LogP contribution is 2.24. The SMILES string of the molecule is CCc1ccc(N(CCCC(=O)NC(C)c2ccccc2OC)S(C)(=O)=O)cc1. The number of amides is 1. The van der Waals surface area contributed by atoms with Gasteiger partial charge in [0, 0.05) is 18.5 Å². The second-order valence-electron chi connectivity index (χ2n) is 6.99. The Balaban J connectivity index is 1.95. The summed E-state index contributed by atoms with van der Waals surface area (Å²) >= 11 is 0. The summed E-state index contributed by atoms with van der Waals surface area (Å²) in [5.74, 6) is 0.595. The number of anilines is 1. The topological polar surface area (TPSA) is 75.7 Å². The van der Waals surface area contributed by atoms with E-state index in [-0.39, 0.29) is 24.9 Å². The third kappa shape index (κ3) is 6.49. The maximum Gasteiger partial charge on any atom is 0.232 e. The Kier molecular flexibility index (Phi) is 8.08. The average molecular weight is 419 g/mol. The minimum absolute atomic E-state index is 0.127. The largest absolute Gasteiger partial charge is 0.496 e. The molecule has 0 saturated carbocycles. The van der Waals surface area contributed by atoms with E-state index in [1.54, 1.807) is 7.11 Å². The molecule has 0 bridgehead atoms. The summed E-state index contributed by atoms with van der Waals surface area (Å²) < 4.78 is 31.1. The molecule has 6 nitrogen and oxygen atoms in total. The summed E-state index contributed by atoms with van der Waals surface area (Å²) in [6.45, 7) is 4.20. The number of para-hydroxylation sites is 1. The lowest BCUT2D eigenvalue weighted by molar-refractivity contribution is -0.121. The van der Waals surface area contributed by atoms with Gasteiger partial charge in [-0.05, 0) is 43.5 Å². The van der Waals surface area contributed by atoms with Crippen molar-refractivity contribution in [2.24, 2.45) is 0 Å². The van der Waals surface area contributed by atoms with Crippen LogP contribution in [-0.2, 0) is 21.2 Å². The van der Waals surface area contributed by atoms with Crippen LogP contribution in [0.5, 0.6) is 5.75 Å². The van der Waals surface area contributed by atoms with Gasteiger partial charge < -0.3 is 10.1 Å². The van der Waals surface area contributed by atoms with Crippen LogP contribution in [-0.4, -0.2) is 34.2 Å². The molecule has 2 rings (SSSR count). The number of carbonyl (C=O) groups is 1. The molecular formula is C22H30N2O4S. The highest BCUT2D eigenvalue weighted by molar-refractivity contribution is 7.92. The molecule has 1 amide bonds. The minimum atomic E-state index is -3.43. The first-order valence-electron chi connectivity index (χ1n) is 9.75. The van der Waals surface area contributed by atoms with Crippen LogP contribution in [0.1, 0.15) is 43.9 Å². The minimum Gasteiger partial charge on any atom is -0.496 e. The zero-order valence-corrected chi connectivity index (χ0v) is 18.3. The number of hydrogen-bond acceptors (Lipinski definition) is 4. The van der Waals surface area contributed by atoms with Crippen molar-refractivity contribution < 1.29 is 17.9 Å². The molecule has 158 valence electrons. The maximum atomic E-state index is 12.4. The van der Waals surface area contributed by atoms with Gasteiger partial charge in [-0.1, -0.05) is 37.3 Å². The Hall–Kier alpha value is -2.54. The van der Waals surface area contributed by atoms with Gasteiger partial charge in [0.15, 0.2) is 0 Å². The highest BCUT2D eigenvalue weighted by atomic mass is 32.2. The lowest BCUT2D eigenvalue weighted by atomic mass is 10.1. The molecule has 1 N–H and O–H groups in total. The summed E-state index contributed by atoms with van der Waals surface area (Å²) in [7, 11) is -1.83. The fourth-order valence-electron chi connectivity index (χ4n) is 3.18. The first-order chi connectivity index (χ1) is 13.8. The number of nitrogens with zero attached hydrogens (tertiary/aromatic N) is 1. The second-order valence-corrected chi connectivity index (χ2v) is 8.90. The summed E-state index contributed by atoms with van der Waals surface area (Å²) in [6, 6.07) is 14.8. The summed E-state index contributed by atoms with van der Waals surface area (Å²) in [5.41, 5.74) is 2.66. The summed E-state index contributed by atoms with van der Waals surface area (Å²) in [4.78, 5) is 12.4. The second kappa shape index (κ2) is 10.3. The van der Waals surface area contributed by atoms with Crippen LogP contribution in [0.2, 0.25) is 0 Å². The van der Waals surface area contributed by atoms with Crippen molar-refractivity contribution in [3.8, 4) is 5.75 Å². The molecule has 0 aliphatic rings. The Morgan fingerprint density at radius 2 is 1.79 bits per heavy atom. The van der Waals surface area contributed by atoms with Crippen LogP contribution in [0.25, 0.3) is 0 Å². The molecule has 0 aliphatic heterocycles. The predicted molar refractivity (Wildman–Crippen MR) is 117 cm³/mol. The van der Waals surface area contributed by atoms with Gasteiger partial charge in [-0.3, -0.25) is 9.10 Å². The van der Waals surface area contributed by atoms with Crippen LogP contribution < -0.4 is 14.4 Å². The molecule has 0 aliphatic carbocycles. The Labute approximate surface area is 173 Å². The number of aryl methyl sites for hydroxylation is 1. The molecule has 0 radical (unpaired) electrons. The molecule has 0 aromatic heterocycles. The van der Waals surface area contributed by atoms with Crippen molar-refractivity contribution in [2.45, 2.75) is 39.2 Å². The molecule has 0 heterocycles. The van der Waals surface area contributed by atoms with Crippen LogP contribution in [0, 0.1) is 0 Å². The van der Waals surface area contributed by atoms with Gasteiger partial charge in [0.2, 0.25) is 15.9 Å². The normalized spacial score (nSPS) is 12.3. The third-order valence-electron chi connectivity index (χ3n) is 4.78. The van der Waals surface area contributed by atoms with Crippen LogP contribution >= 0.6 is 0 Å². The molecule has 0 spiro atoms. The number of carbonyl (C=O) groups excluding carboxylic acids is 1. The predicted octanol–water partition coefficient (Wildman–Crippen LogP) is 3.68. The number of rotatable bonds is 10. The Morgan fingerprint density at radius 3 is 2.38 bits per heavy atom. The first kappa shape index (κ1) is 22.7. The first-order valence-corrected chi connectivity index (χ1v) is 11.6. The average Bonchev–Trinajstić information content (AvgIpc) is 2.70. The number of sulfonamides is 1. The van der Waals surface area contributed by atoms with E-state index >= 15 is 0 Å². The van der Waals surface area contributed by atoms with E-state index in [0.29, 0.717) is 12.1 Å². The van der Waals surface area contributed by atoms with Crippen molar-refractivity contribution in [3.05, 3.63) is 59.7 Å². The lowest BCUT2D eigenvalue weighted by Crippen LogP contribution is -2.32. The molecule has 2 aromatic rings. The van der Waals surface area contributed by atoms with Crippen molar-refractivity contribution in [3.63, 3.8) is 0 Å². The fourth-order valence-corrected chi connectivity index (χ4v) is 4.15. The zero-order chi connectivity index (χ0) is 21.4. The van der Waals surface area contributed by atoms with Crippen LogP contribution in [0.3, 0.4) is 0 Å². The number of hydrogen-bond donors (Lipinski definition) is 1. The molecule has 1 atom stereocenters. The van der Waals surface area contributed by atoms with Crippen LogP contribution in [0.15, 0.2) is 48.5 Å². The number of benzene rings is 2. The Bertz CT molecular complexity index is 911. The summed E-state index contributed by atoms with van der Waals surface area (Å²) in [6.07, 6.45) is 2.74. The van der Waals surface area contributed by atoms with Gasteiger partial charge in [0.1, 0.15) is 5.75 Å². The molecule has 0 fully saturated rings. The van der Waals surface area contributed by atoms with Gasteiger partial charge >= 0.3 is 0 Å². The van der Waals surface area contributed by atoms with E-state index in [4.69, 9.17) is 4.74 Å². The van der Waals surface area contributed by atoms with Gasteiger partial charge in [-0.2, -0.15) is 0 Å². The number of methoxy groups -OCH3 is 1. The van der Waals surface area contributed by atoms with Gasteiger partial charge in [0.25, 0.3) is 0 Å². The molecule has 0 saturated heterocycles. The quantitative estimate of drug-likeness (QED) is 0.639. The maximum absolute atomic E-state index is 12.4. The fraction of sp³-hybridized carbons (Fsp3) is 0.409. The molecule has 29 heavy (non-hydrogen) atoms. The van der Waals surface area contributed by atoms with Gasteiger partial charge in [-0.15, -0.1) is 0 Å². The number of nitrogens with one attached hydrogen (secondary N) is 1. The van der Waals surface area contributed by atoms with Gasteiger partial charge in [-0.25, -0.2) is 8.42 Å². The van der Waals surface area contributed by atoms with Crippen molar-refractivity contribution >= 4 is 21.6 Å². The molecule has 7 heteroatoms. The smallest absolute Gasteiger partial charge is 0.232 e. The van der Waals surface area contributed by atoms with Crippen molar-refractivity contribution in [2.75, 3.05) is 24.2 Å². The van der Waals surface area contributed by atoms with Crippen molar-refractivity contribution in [1.82, 2.24) is 5.32 Å². The van der Waals surface area contributed by atoms with E-state index in [0.717, 1.165) is 23.3 Å². The standard InChI is InChI=1S/C22H30N2O4S/c1-5-18-12-14-19(15-13-18)24(29(4,26)27)16-8-11-22(25)23-17(2)20-9-6-7-10-21(20)28-3/h6-7,9-10,12-15,17H,5,8,11,16H2,1-4H3,(H,23,25). The third-order valence-corrected chi connectivity index (χ3v) is 5.97. The number of ether oxygens (including phenoxy) is 1. The monoisotopic (exact) mass is 418 g/mol. The molecular weight excluding hydrogens is 388 g/mol. The highest BCUT2D eigenvalue weighted by Gasteiger charge is 2.18. The van der Waals surface area contributed by atoms with E-state index < -0.39 is 10.0 Å². The van der Waals surface area contributed by atoms with E-state index in [1.165, 1.54) is 10.6 Å². The van der Waals surface area contributed by atoms with E-state index in [9.17, 15) is 13.2 Å². The molecule has 2 aromatic carbocycles.